The highest BCUT2D eigenvalue weighted by Crippen LogP contribution is 2.38. The third kappa shape index (κ3) is 6.63. The molecule has 1 atom stereocenters. The van der Waals surface area contributed by atoms with Crippen LogP contribution in [0.5, 0.6) is 0 Å². The number of carboxylic acids is 1. The van der Waals surface area contributed by atoms with Gasteiger partial charge in [-0.3, -0.25) is 9.79 Å². The van der Waals surface area contributed by atoms with E-state index in [0.29, 0.717) is 17.0 Å². The van der Waals surface area contributed by atoms with Gasteiger partial charge in [-0.1, -0.05) is 91.0 Å². The first-order valence-corrected chi connectivity index (χ1v) is 13.0. The number of hydrogen-bond donors (Lipinski definition) is 4. The Bertz CT molecular complexity index is 1350. The molecule has 4 aromatic rings. The number of hydrogen-bond acceptors (Lipinski definition) is 5. The van der Waals surface area contributed by atoms with Gasteiger partial charge in [0.15, 0.2) is 5.96 Å². The Labute approximate surface area is 225 Å². The van der Waals surface area contributed by atoms with Crippen LogP contribution in [0.1, 0.15) is 44.6 Å². The number of benzene rings is 3. The van der Waals surface area contributed by atoms with Crippen LogP contribution in [-0.4, -0.2) is 40.5 Å². The molecule has 0 fully saturated rings. The molecule has 0 bridgehead atoms. The molecule has 4 rings (SSSR count). The summed E-state index contributed by atoms with van der Waals surface area (Å²) < 4.78 is 0. The van der Waals surface area contributed by atoms with Crippen molar-refractivity contribution in [2.75, 3.05) is 6.54 Å². The summed E-state index contributed by atoms with van der Waals surface area (Å²) in [6.07, 6.45) is 0.583. The molecule has 0 radical (unpaired) electrons. The first kappa shape index (κ1) is 26.6. The van der Waals surface area contributed by atoms with Gasteiger partial charge < -0.3 is 21.9 Å². The van der Waals surface area contributed by atoms with Crippen molar-refractivity contribution in [2.45, 2.75) is 24.8 Å². The van der Waals surface area contributed by atoms with Crippen LogP contribution >= 0.6 is 11.3 Å². The second kappa shape index (κ2) is 12.6. The molecule has 1 aromatic heterocycles. The summed E-state index contributed by atoms with van der Waals surface area (Å²) in [4.78, 5) is 34.7. The fourth-order valence-corrected chi connectivity index (χ4v) is 5.31. The number of rotatable bonds is 11. The van der Waals surface area contributed by atoms with E-state index in [9.17, 15) is 14.7 Å². The van der Waals surface area contributed by atoms with Gasteiger partial charge in [-0.2, -0.15) is 0 Å². The van der Waals surface area contributed by atoms with Crippen LogP contribution in [0.2, 0.25) is 0 Å². The number of carbonyl (C=O) groups excluding carboxylic acids is 1. The minimum Gasteiger partial charge on any atom is -0.480 e. The van der Waals surface area contributed by atoms with Crippen LogP contribution in [-0.2, 0) is 4.79 Å². The molecular formula is C29H29N5O3S. The first-order valence-electron chi connectivity index (χ1n) is 12.2. The number of guanidine groups is 1. The zero-order valence-corrected chi connectivity index (χ0v) is 21.5. The third-order valence-electron chi connectivity index (χ3n) is 5.96. The number of aliphatic imine (C=N–C) groups is 1. The van der Waals surface area contributed by atoms with Gasteiger partial charge in [-0.15, -0.1) is 11.3 Å². The van der Waals surface area contributed by atoms with Crippen molar-refractivity contribution in [1.29, 1.82) is 0 Å². The van der Waals surface area contributed by atoms with Crippen LogP contribution in [0, 0.1) is 0 Å². The lowest BCUT2D eigenvalue weighted by Crippen LogP contribution is -2.40. The first-order chi connectivity index (χ1) is 18.4. The molecule has 6 N–H and O–H groups in total. The number of nitrogens with zero attached hydrogens (tertiary/aromatic N) is 2. The number of aromatic nitrogens is 1. The molecular weight excluding hydrogens is 498 g/mol. The normalized spacial score (nSPS) is 11.6. The van der Waals surface area contributed by atoms with Crippen molar-refractivity contribution < 1.29 is 14.7 Å². The van der Waals surface area contributed by atoms with E-state index in [1.54, 1.807) is 0 Å². The summed E-state index contributed by atoms with van der Waals surface area (Å²) in [5, 5.41) is 13.2. The summed E-state index contributed by atoms with van der Waals surface area (Å²) in [5.41, 5.74) is 14.1. The SMILES string of the molecule is NC(N)=NCCC[C@H](NC(=O)c1sc(C(c2ccccc2)c2ccccc2)nc1-c1ccccc1)C(=O)O. The molecule has 8 nitrogen and oxygen atoms in total. The summed E-state index contributed by atoms with van der Waals surface area (Å²) in [7, 11) is 0. The van der Waals surface area contributed by atoms with Crippen molar-refractivity contribution >= 4 is 29.2 Å². The number of carbonyl (C=O) groups is 2. The van der Waals surface area contributed by atoms with E-state index < -0.39 is 17.9 Å². The molecule has 1 heterocycles. The molecule has 1 amide bonds. The van der Waals surface area contributed by atoms with Crippen LogP contribution < -0.4 is 16.8 Å². The predicted octanol–water partition coefficient (Wildman–Crippen LogP) is 4.23. The lowest BCUT2D eigenvalue weighted by Gasteiger charge is -2.15. The van der Waals surface area contributed by atoms with Crippen LogP contribution in [0.25, 0.3) is 11.3 Å². The third-order valence-corrected chi connectivity index (χ3v) is 7.08. The predicted molar refractivity (Wildman–Crippen MR) is 150 cm³/mol. The molecule has 0 saturated heterocycles. The Hall–Kier alpha value is -4.50. The van der Waals surface area contributed by atoms with E-state index in [-0.39, 0.29) is 24.8 Å². The number of carboxylic acid groups (broad SMARTS) is 1. The van der Waals surface area contributed by atoms with Crippen molar-refractivity contribution in [3.8, 4) is 11.3 Å². The fraction of sp³-hybridized carbons (Fsp3) is 0.172. The Balaban J connectivity index is 1.72. The second-order valence-electron chi connectivity index (χ2n) is 8.66. The van der Waals surface area contributed by atoms with Crippen molar-refractivity contribution in [3.05, 3.63) is 112 Å². The average Bonchev–Trinajstić information content (AvgIpc) is 3.37. The number of nitrogens with one attached hydrogen (secondary N) is 1. The van der Waals surface area contributed by atoms with E-state index in [1.165, 1.54) is 11.3 Å². The van der Waals surface area contributed by atoms with Gasteiger partial charge in [0.2, 0.25) is 0 Å². The maximum Gasteiger partial charge on any atom is 0.326 e. The second-order valence-corrected chi connectivity index (χ2v) is 9.69. The summed E-state index contributed by atoms with van der Waals surface area (Å²) in [6, 6.07) is 28.3. The van der Waals surface area contributed by atoms with Crippen LogP contribution in [0.4, 0.5) is 0 Å². The smallest absolute Gasteiger partial charge is 0.326 e. The Morgan fingerprint density at radius 2 is 1.45 bits per heavy atom. The van der Waals surface area contributed by atoms with E-state index in [4.69, 9.17) is 16.5 Å². The maximum absolute atomic E-state index is 13.5. The molecule has 194 valence electrons. The van der Waals surface area contributed by atoms with Crippen molar-refractivity contribution in [2.24, 2.45) is 16.5 Å². The molecule has 0 saturated carbocycles. The molecule has 0 spiro atoms. The van der Waals surface area contributed by atoms with Gasteiger partial charge >= 0.3 is 5.97 Å². The number of amides is 1. The standard InChI is InChI=1S/C29H29N5O3S/c30-29(31)32-18-10-17-22(28(36)37)33-26(35)25-24(21-15-8-3-9-16-21)34-27(38-25)23(19-11-4-1-5-12-19)20-13-6-2-7-14-20/h1-9,11-16,22-23H,10,17-18H2,(H,33,35)(H,36,37)(H4,30,31,32)/t22-/m0/s1. The zero-order chi connectivity index (χ0) is 26.9. The quantitative estimate of drug-likeness (QED) is 0.131. The van der Waals surface area contributed by atoms with Crippen molar-refractivity contribution in [1.82, 2.24) is 10.3 Å². The highest BCUT2D eigenvalue weighted by molar-refractivity contribution is 7.14. The average molecular weight is 528 g/mol. The fourth-order valence-electron chi connectivity index (χ4n) is 4.16. The largest absolute Gasteiger partial charge is 0.480 e. The molecule has 0 aliphatic heterocycles. The summed E-state index contributed by atoms with van der Waals surface area (Å²) in [5.74, 6) is -1.86. The number of aliphatic carboxylic acids is 1. The molecule has 3 aromatic carbocycles. The lowest BCUT2D eigenvalue weighted by molar-refractivity contribution is -0.139. The molecule has 0 unspecified atom stereocenters. The topological polar surface area (TPSA) is 144 Å². The summed E-state index contributed by atoms with van der Waals surface area (Å²) >= 11 is 1.28. The van der Waals surface area contributed by atoms with Gasteiger partial charge in [0.05, 0.1) is 11.6 Å². The van der Waals surface area contributed by atoms with Gasteiger partial charge in [0, 0.05) is 12.1 Å². The minimum atomic E-state index is -1.12. The van der Waals surface area contributed by atoms with Gasteiger partial charge in [-0.05, 0) is 24.0 Å². The Morgan fingerprint density at radius 3 is 1.97 bits per heavy atom. The molecule has 38 heavy (non-hydrogen) atoms. The van der Waals surface area contributed by atoms with E-state index >= 15 is 0 Å². The molecule has 9 heteroatoms. The zero-order valence-electron chi connectivity index (χ0n) is 20.7. The van der Waals surface area contributed by atoms with Crippen LogP contribution in [0.3, 0.4) is 0 Å². The van der Waals surface area contributed by atoms with Gasteiger partial charge in [-0.25, -0.2) is 9.78 Å². The number of thiazole rings is 1. The Morgan fingerprint density at radius 1 is 0.895 bits per heavy atom. The molecule has 0 aliphatic rings. The molecule has 0 aliphatic carbocycles. The highest BCUT2D eigenvalue weighted by Gasteiger charge is 2.28. The van der Waals surface area contributed by atoms with E-state index in [0.717, 1.165) is 21.7 Å². The van der Waals surface area contributed by atoms with Crippen molar-refractivity contribution in [3.63, 3.8) is 0 Å². The van der Waals surface area contributed by atoms with E-state index in [1.807, 2.05) is 91.0 Å². The lowest BCUT2D eigenvalue weighted by atomic mass is 9.92. The van der Waals surface area contributed by atoms with Gasteiger partial charge in [0.25, 0.3) is 5.91 Å². The minimum absolute atomic E-state index is 0.0583. The van der Waals surface area contributed by atoms with E-state index in [2.05, 4.69) is 10.3 Å². The maximum atomic E-state index is 13.5. The Kier molecular flexibility index (Phi) is 8.84. The summed E-state index contributed by atoms with van der Waals surface area (Å²) in [6.45, 7) is 0.276. The highest BCUT2D eigenvalue weighted by atomic mass is 32.1. The monoisotopic (exact) mass is 527 g/mol. The number of nitrogens with two attached hydrogens (primary N) is 2. The van der Waals surface area contributed by atoms with Gasteiger partial charge in [0.1, 0.15) is 15.9 Å². The van der Waals surface area contributed by atoms with Crippen LogP contribution in [0.15, 0.2) is 96.0 Å².